The average Bonchev–Trinajstić information content (AvgIpc) is 3.17. The number of carboxylic acids is 1. The van der Waals surface area contributed by atoms with Crippen LogP contribution in [0.4, 0.5) is 0 Å². The summed E-state index contributed by atoms with van der Waals surface area (Å²) in [6, 6.07) is 1.06. The van der Waals surface area contributed by atoms with Crippen LogP contribution >= 0.6 is 0 Å². The number of carbonyl (C=O) groups excluding carboxylic acids is 1. The molecule has 1 aromatic carbocycles. The fourth-order valence-electron chi connectivity index (χ4n) is 3.38. The molecule has 12 heteroatoms. The molecule has 1 fully saturated rings. The number of hydrogen-bond acceptors (Lipinski definition) is 8. The van der Waals surface area contributed by atoms with Crippen LogP contribution in [0.25, 0.3) is 0 Å². The van der Waals surface area contributed by atoms with Gasteiger partial charge in [-0.2, -0.15) is 0 Å². The van der Waals surface area contributed by atoms with Crippen molar-refractivity contribution >= 4 is 18.6 Å². The Morgan fingerprint density at radius 1 is 1.45 bits per heavy atom. The summed E-state index contributed by atoms with van der Waals surface area (Å²) in [4.78, 5) is 32.1. The number of aryl methyl sites for hydroxylation is 1. The number of H-pyrrole nitrogens is 1. The molecule has 29 heavy (non-hydrogen) atoms. The molecule has 2 aliphatic rings. The van der Waals surface area contributed by atoms with Crippen LogP contribution in [-0.2, 0) is 11.2 Å². The molecule has 0 radical (unpaired) electrons. The fourth-order valence-corrected chi connectivity index (χ4v) is 3.38. The van der Waals surface area contributed by atoms with Crippen LogP contribution < -0.4 is 15.1 Å². The Balaban J connectivity index is 1.48. The minimum Gasteiger partial charge on any atom is -0.669 e. The number of nitrogens with one attached hydrogen (secondary N) is 1. The number of amides is 1. The number of fused-ring (bicyclic) bond motifs is 1. The van der Waals surface area contributed by atoms with Gasteiger partial charge in [0, 0.05) is 0 Å². The number of imidazole rings is 1. The number of aromatic carboxylic acids is 1. The summed E-state index contributed by atoms with van der Waals surface area (Å²) < 4.78 is 19.0. The predicted molar refractivity (Wildman–Crippen MR) is 99.2 cm³/mol. The summed E-state index contributed by atoms with van der Waals surface area (Å²) in [5, 5.41) is 29.2. The zero-order valence-electron chi connectivity index (χ0n) is 16.2. The summed E-state index contributed by atoms with van der Waals surface area (Å²) in [5.41, 5.74) is 6.20. The van der Waals surface area contributed by atoms with Crippen molar-refractivity contribution in [2.24, 2.45) is 5.73 Å². The van der Waals surface area contributed by atoms with E-state index in [0.29, 0.717) is 5.56 Å². The van der Waals surface area contributed by atoms with Gasteiger partial charge in [-0.1, -0.05) is 12.4 Å². The Hall–Kier alpha value is -3.09. The Morgan fingerprint density at radius 2 is 2.21 bits per heavy atom. The molecular weight excluding hydrogens is 383 g/mol. The third-order valence-corrected chi connectivity index (χ3v) is 4.96. The van der Waals surface area contributed by atoms with E-state index in [4.69, 9.17) is 16.5 Å². The van der Waals surface area contributed by atoms with Crippen molar-refractivity contribution < 1.29 is 35.5 Å². The third kappa shape index (κ3) is 3.64. The van der Waals surface area contributed by atoms with Gasteiger partial charge in [-0.05, 0) is 18.1 Å². The van der Waals surface area contributed by atoms with Crippen LogP contribution in [-0.4, -0.2) is 67.8 Å². The molecule has 6 N–H and O–H groups in total. The topological polar surface area (TPSA) is 171 Å². The molecule has 0 bridgehead atoms. The van der Waals surface area contributed by atoms with Crippen molar-refractivity contribution in [2.45, 2.75) is 24.9 Å². The summed E-state index contributed by atoms with van der Waals surface area (Å²) in [5.74, 6) is -2.12. The van der Waals surface area contributed by atoms with E-state index in [1.807, 2.05) is 0 Å². The summed E-state index contributed by atoms with van der Waals surface area (Å²) in [7, 11) is 0. The van der Waals surface area contributed by atoms with Crippen LogP contribution in [0.3, 0.4) is 0 Å². The summed E-state index contributed by atoms with van der Waals surface area (Å²) in [6.07, 6.45) is 2.32. The lowest BCUT2D eigenvalue weighted by Crippen LogP contribution is -2.58. The maximum atomic E-state index is 12.5. The SMILES string of the molecule is [2H]C(N)(C(=O)N1CC(Oc2ccc3c(c2C(=O)O)O[B-](O)(O)CC3)C1)c1cnc[nH]1. The Bertz CT molecular complexity index is 992. The van der Waals surface area contributed by atoms with Crippen molar-refractivity contribution in [2.75, 3.05) is 13.1 Å². The van der Waals surface area contributed by atoms with E-state index >= 15 is 0 Å². The summed E-state index contributed by atoms with van der Waals surface area (Å²) >= 11 is 0. The number of rotatable bonds is 5. The summed E-state index contributed by atoms with van der Waals surface area (Å²) in [6.45, 7) is -2.92. The van der Waals surface area contributed by atoms with Gasteiger partial charge in [0.1, 0.15) is 23.4 Å². The number of aromatic amines is 1. The van der Waals surface area contributed by atoms with Gasteiger partial charge in [0.05, 0.1) is 38.4 Å². The van der Waals surface area contributed by atoms with Gasteiger partial charge < -0.3 is 40.2 Å². The molecule has 2 aliphatic heterocycles. The van der Waals surface area contributed by atoms with Crippen molar-refractivity contribution in [3.63, 3.8) is 0 Å². The highest BCUT2D eigenvalue weighted by atomic mass is 16.6. The molecular formula is C17H20BN4O7-. The molecule has 4 rings (SSSR count). The first-order chi connectivity index (χ1) is 14.1. The van der Waals surface area contributed by atoms with Crippen molar-refractivity contribution in [3.05, 3.63) is 41.5 Å². The second-order valence-corrected chi connectivity index (χ2v) is 7.08. The minimum absolute atomic E-state index is 0.00898. The smallest absolute Gasteiger partial charge is 0.430 e. The molecule has 0 aliphatic carbocycles. The normalized spacial score (nSPS) is 20.5. The molecule has 11 nitrogen and oxygen atoms in total. The molecule has 154 valence electrons. The van der Waals surface area contributed by atoms with E-state index in [1.165, 1.54) is 23.5 Å². The highest BCUT2D eigenvalue weighted by Gasteiger charge is 2.37. The molecule has 1 aromatic heterocycles. The lowest BCUT2D eigenvalue weighted by molar-refractivity contribution is -0.141. The second-order valence-electron chi connectivity index (χ2n) is 7.08. The zero-order chi connectivity index (χ0) is 21.7. The minimum atomic E-state index is -3.14. The van der Waals surface area contributed by atoms with E-state index in [2.05, 4.69) is 9.97 Å². The van der Waals surface area contributed by atoms with Crippen LogP contribution in [0.5, 0.6) is 11.5 Å². The molecule has 1 saturated heterocycles. The van der Waals surface area contributed by atoms with Gasteiger partial charge in [0.2, 0.25) is 5.91 Å². The van der Waals surface area contributed by atoms with Gasteiger partial charge in [0.15, 0.2) is 0 Å². The van der Waals surface area contributed by atoms with Crippen LogP contribution in [0.15, 0.2) is 24.7 Å². The van der Waals surface area contributed by atoms with Gasteiger partial charge in [0.25, 0.3) is 0 Å². The van der Waals surface area contributed by atoms with Gasteiger partial charge in [-0.3, -0.25) is 4.79 Å². The van der Waals surface area contributed by atoms with Gasteiger partial charge in [-0.15, -0.1) is 0 Å². The van der Waals surface area contributed by atoms with Gasteiger partial charge in [-0.25, -0.2) is 9.78 Å². The van der Waals surface area contributed by atoms with Crippen molar-refractivity contribution in [1.82, 2.24) is 14.9 Å². The maximum absolute atomic E-state index is 12.5. The standard InChI is InChI=1S/C17H20BN4O7/c19-14(11-5-20-8-21-11)16(23)22-6-10(7-22)28-12-2-1-9-3-4-18(26,27)29-15(9)13(12)17(24)25/h1-2,5,8,10,14,26-27H,3-4,6-7,19H2,(H,20,21)(H,24,25)/q-1/i14D. The van der Waals surface area contributed by atoms with Gasteiger partial charge >= 0.3 is 12.7 Å². The highest BCUT2D eigenvalue weighted by molar-refractivity contribution is 6.59. The van der Waals surface area contributed by atoms with Crippen molar-refractivity contribution in [1.29, 1.82) is 0 Å². The quantitative estimate of drug-likeness (QED) is 0.402. The van der Waals surface area contributed by atoms with Crippen LogP contribution in [0, 0.1) is 0 Å². The molecule has 0 spiro atoms. The number of ether oxygens (including phenoxy) is 1. The number of carbonyl (C=O) groups is 2. The first kappa shape index (κ1) is 18.0. The number of nitrogens with two attached hydrogens (primary N) is 1. The molecule has 1 unspecified atom stereocenters. The second kappa shape index (κ2) is 7.06. The Kier molecular flexibility index (Phi) is 4.38. The fraction of sp³-hybridized carbons (Fsp3) is 0.353. The molecule has 1 atom stereocenters. The third-order valence-electron chi connectivity index (χ3n) is 4.96. The average molecular weight is 404 g/mol. The number of hydrogen-bond donors (Lipinski definition) is 5. The first-order valence-corrected chi connectivity index (χ1v) is 9.01. The van der Waals surface area contributed by atoms with Crippen LogP contribution in [0.2, 0.25) is 6.32 Å². The molecule has 1 amide bonds. The molecule has 0 saturated carbocycles. The highest BCUT2D eigenvalue weighted by Crippen LogP contribution is 2.39. The van der Waals surface area contributed by atoms with E-state index in [1.54, 1.807) is 6.07 Å². The lowest BCUT2D eigenvalue weighted by Gasteiger charge is -2.41. The predicted octanol–water partition coefficient (Wildman–Crippen LogP) is -0.744. The largest absolute Gasteiger partial charge is 0.669 e. The zero-order valence-corrected chi connectivity index (χ0v) is 15.2. The number of benzene rings is 1. The monoisotopic (exact) mass is 404 g/mol. The maximum Gasteiger partial charge on any atom is 0.430 e. The Labute approximate surface area is 166 Å². The van der Waals surface area contributed by atoms with Crippen LogP contribution in [0.1, 0.15) is 29.0 Å². The van der Waals surface area contributed by atoms with E-state index in [9.17, 15) is 24.7 Å². The number of nitrogens with zero attached hydrogens (tertiary/aromatic N) is 2. The Morgan fingerprint density at radius 3 is 2.86 bits per heavy atom. The number of carboxylic acid groups (broad SMARTS) is 1. The van der Waals surface area contributed by atoms with E-state index < -0.39 is 30.8 Å². The number of likely N-dealkylation sites (tertiary alicyclic amines) is 1. The van der Waals surface area contributed by atoms with Crippen molar-refractivity contribution in [3.8, 4) is 11.5 Å². The molecule has 3 heterocycles. The molecule has 2 aromatic rings. The first-order valence-electron chi connectivity index (χ1n) is 9.51. The number of aromatic nitrogens is 2. The van der Waals surface area contributed by atoms with E-state index in [-0.39, 0.29) is 48.6 Å². The van der Waals surface area contributed by atoms with E-state index in [0.717, 1.165) is 0 Å². The lowest BCUT2D eigenvalue weighted by atomic mass is 9.70.